The van der Waals surface area contributed by atoms with E-state index in [4.69, 9.17) is 11.6 Å². The number of carbonyl (C=O) groups excluding carboxylic acids is 2. The molecule has 22 heavy (non-hydrogen) atoms. The van der Waals surface area contributed by atoms with Gasteiger partial charge in [0.05, 0.1) is 5.56 Å². The molecule has 2 rings (SSSR count). The molecule has 11 nitrogen and oxygen atoms in total. The number of amides is 1. The normalized spacial score (nSPS) is 17.0. The van der Waals surface area contributed by atoms with Gasteiger partial charge in [-0.25, -0.2) is 20.2 Å². The summed E-state index contributed by atoms with van der Waals surface area (Å²) in [6.45, 7) is 0.901. The van der Waals surface area contributed by atoms with E-state index < -0.39 is 28.3 Å². The molecule has 0 saturated heterocycles. The maximum absolute atomic E-state index is 12.2. The molecule has 116 valence electrons. The third-order valence-electron chi connectivity index (χ3n) is 2.69. The fourth-order valence-electron chi connectivity index (χ4n) is 1.90. The van der Waals surface area contributed by atoms with Gasteiger partial charge in [-0.2, -0.15) is 0 Å². The highest BCUT2D eigenvalue weighted by Crippen LogP contribution is 2.33. The van der Waals surface area contributed by atoms with Gasteiger partial charge in [0.25, 0.3) is 0 Å². The van der Waals surface area contributed by atoms with E-state index >= 15 is 0 Å². The monoisotopic (exact) mass is 330 g/mol. The molecule has 1 aliphatic rings. The van der Waals surface area contributed by atoms with Crippen molar-refractivity contribution < 1.29 is 24.4 Å². The molecule has 0 bridgehead atoms. The number of nitro groups is 2. The van der Waals surface area contributed by atoms with Crippen molar-refractivity contribution in [2.45, 2.75) is 13.3 Å². The molecule has 1 atom stereocenters. The highest BCUT2D eigenvalue weighted by molar-refractivity contribution is 6.31. The zero-order valence-corrected chi connectivity index (χ0v) is 11.6. The lowest BCUT2D eigenvalue weighted by Gasteiger charge is -2.31. The zero-order valence-electron chi connectivity index (χ0n) is 10.8. The Bertz CT molecular complexity index is 694. The van der Waals surface area contributed by atoms with Crippen molar-refractivity contribution in [2.24, 2.45) is 0 Å². The first-order valence-corrected chi connectivity index (χ1v) is 6.00. The smallest absolute Gasteiger partial charge is 0.373 e. The van der Waals surface area contributed by atoms with E-state index in [0.29, 0.717) is 0 Å². The van der Waals surface area contributed by atoms with Crippen molar-refractivity contribution in [3.63, 3.8) is 0 Å². The van der Waals surface area contributed by atoms with Crippen LogP contribution in [-0.4, -0.2) is 33.3 Å². The van der Waals surface area contributed by atoms with Gasteiger partial charge < -0.3 is 4.74 Å². The van der Waals surface area contributed by atoms with E-state index in [0.717, 1.165) is 19.1 Å². The fraction of sp³-hybridized carbons (Fsp3) is 0.200. The molecular formula is C10H7ClN4O7. The number of nitrogens with zero attached hydrogens (tertiary/aromatic N) is 4. The quantitative estimate of drug-likeness (QED) is 0.451. The van der Waals surface area contributed by atoms with Crippen molar-refractivity contribution in [3.05, 3.63) is 49.0 Å². The largest absolute Gasteiger partial charge is 0.413 e. The fourth-order valence-corrected chi connectivity index (χ4v) is 2.07. The maximum atomic E-state index is 12.2. The number of benzene rings is 1. The first kappa shape index (κ1) is 15.4. The summed E-state index contributed by atoms with van der Waals surface area (Å²) in [5.74, 6) is -2.22. The molecule has 1 aliphatic heterocycles. The van der Waals surface area contributed by atoms with Crippen molar-refractivity contribution >= 4 is 29.2 Å². The number of esters is 1. The average molecular weight is 331 g/mol. The Labute approximate surface area is 126 Å². The molecule has 1 unspecified atom stereocenters. The number of fused-ring (bicyclic) bond motifs is 1. The van der Waals surface area contributed by atoms with Crippen LogP contribution in [0.3, 0.4) is 0 Å². The number of halogens is 1. The van der Waals surface area contributed by atoms with E-state index in [1.165, 1.54) is 6.07 Å². The average Bonchev–Trinajstić information content (AvgIpc) is 2.38. The molecule has 0 spiro atoms. The lowest BCUT2D eigenvalue weighted by Crippen LogP contribution is -2.60. The molecule has 12 heteroatoms. The van der Waals surface area contributed by atoms with Crippen LogP contribution in [0.4, 0.5) is 5.69 Å². The minimum atomic E-state index is -2.15. The Morgan fingerprint density at radius 2 is 1.86 bits per heavy atom. The van der Waals surface area contributed by atoms with Crippen molar-refractivity contribution in [2.75, 3.05) is 5.01 Å². The van der Waals surface area contributed by atoms with Gasteiger partial charge in [0.2, 0.25) is 0 Å². The third-order valence-corrected chi connectivity index (χ3v) is 2.92. The highest BCUT2D eigenvalue weighted by Gasteiger charge is 2.53. The summed E-state index contributed by atoms with van der Waals surface area (Å²) >= 11 is 5.70. The van der Waals surface area contributed by atoms with Gasteiger partial charge in [-0.1, -0.05) is 11.6 Å². The molecule has 0 fully saturated rings. The Hall–Kier alpha value is -2.95. The number of hydrogen-bond acceptors (Lipinski definition) is 7. The molecule has 0 saturated carbocycles. The predicted molar refractivity (Wildman–Crippen MR) is 69.6 cm³/mol. The van der Waals surface area contributed by atoms with Gasteiger partial charge in [-0.05, 0) is 23.2 Å². The van der Waals surface area contributed by atoms with Crippen LogP contribution in [0, 0.1) is 20.2 Å². The SMILES string of the molecule is CC(=O)OC1N([N+](=O)[O-])C(=O)c2cc(Cl)ccc2N1[N+](=O)[O-]. The maximum Gasteiger partial charge on any atom is 0.373 e. The van der Waals surface area contributed by atoms with Crippen molar-refractivity contribution in [1.29, 1.82) is 0 Å². The predicted octanol–water partition coefficient (Wildman–Crippen LogP) is 0.832. The minimum Gasteiger partial charge on any atom is -0.413 e. The second kappa shape index (κ2) is 5.44. The Morgan fingerprint density at radius 1 is 1.27 bits per heavy atom. The van der Waals surface area contributed by atoms with E-state index in [9.17, 15) is 29.8 Å². The number of anilines is 1. The van der Waals surface area contributed by atoms with Gasteiger partial charge in [0, 0.05) is 17.0 Å². The number of hydrazine groups is 2. The summed E-state index contributed by atoms with van der Waals surface area (Å²) < 4.78 is 4.57. The molecule has 0 aromatic heterocycles. The summed E-state index contributed by atoms with van der Waals surface area (Å²) in [6.07, 6.45) is -2.15. The van der Waals surface area contributed by atoms with Gasteiger partial charge >= 0.3 is 18.2 Å². The van der Waals surface area contributed by atoms with Crippen LogP contribution in [-0.2, 0) is 9.53 Å². The second-order valence-corrected chi connectivity index (χ2v) is 4.50. The van der Waals surface area contributed by atoms with Crippen LogP contribution in [0.2, 0.25) is 5.02 Å². The standard InChI is InChI=1S/C10H7ClN4O7/c1-5(16)22-10-12(14(18)19)8-3-2-6(11)4-7(8)9(17)13(10)15(20)21/h2-4,10H,1H3. The van der Waals surface area contributed by atoms with Crippen LogP contribution < -0.4 is 5.01 Å². The van der Waals surface area contributed by atoms with E-state index in [1.54, 1.807) is 0 Å². The van der Waals surface area contributed by atoms with Crippen LogP contribution in [0.5, 0.6) is 0 Å². The lowest BCUT2D eigenvalue weighted by molar-refractivity contribution is -0.665. The van der Waals surface area contributed by atoms with Crippen LogP contribution in [0.15, 0.2) is 18.2 Å². The first-order chi connectivity index (χ1) is 10.2. The molecule has 0 N–H and O–H groups in total. The summed E-state index contributed by atoms with van der Waals surface area (Å²) in [6, 6.07) is 3.44. The third kappa shape index (κ3) is 2.48. The minimum absolute atomic E-state index is 0.0598. The molecule has 1 aromatic rings. The van der Waals surface area contributed by atoms with E-state index in [1.807, 2.05) is 0 Å². The summed E-state index contributed by atoms with van der Waals surface area (Å²) in [7, 11) is 0. The van der Waals surface area contributed by atoms with E-state index in [2.05, 4.69) is 4.74 Å². The van der Waals surface area contributed by atoms with Crippen LogP contribution in [0.1, 0.15) is 17.3 Å². The van der Waals surface area contributed by atoms with Crippen LogP contribution >= 0.6 is 11.6 Å². The molecule has 0 radical (unpaired) electrons. The number of rotatable bonds is 3. The van der Waals surface area contributed by atoms with Gasteiger partial charge in [-0.3, -0.25) is 9.59 Å². The molecule has 1 amide bonds. The lowest BCUT2D eigenvalue weighted by atomic mass is 10.1. The molecule has 0 aliphatic carbocycles. The Balaban J connectivity index is 2.68. The van der Waals surface area contributed by atoms with Crippen molar-refractivity contribution in [3.8, 4) is 0 Å². The van der Waals surface area contributed by atoms with E-state index in [-0.39, 0.29) is 26.3 Å². The molecular weight excluding hydrogens is 324 g/mol. The summed E-state index contributed by atoms with van der Waals surface area (Å²) in [5, 5.41) is 20.2. The second-order valence-electron chi connectivity index (χ2n) is 4.07. The number of ether oxygens (including phenoxy) is 1. The van der Waals surface area contributed by atoms with Gasteiger partial charge in [0.15, 0.2) is 10.1 Å². The summed E-state index contributed by atoms with van der Waals surface area (Å²) in [4.78, 5) is 45.5. The van der Waals surface area contributed by atoms with Gasteiger partial charge in [-0.15, -0.1) is 0 Å². The van der Waals surface area contributed by atoms with Gasteiger partial charge in [0.1, 0.15) is 5.69 Å². The molecule has 1 heterocycles. The molecule has 1 aromatic carbocycles. The van der Waals surface area contributed by atoms with Crippen LogP contribution in [0.25, 0.3) is 0 Å². The zero-order chi connectivity index (χ0) is 16.6. The summed E-state index contributed by atoms with van der Waals surface area (Å²) in [5.41, 5.74) is -0.631. The Morgan fingerprint density at radius 3 is 2.36 bits per heavy atom. The number of hydrogen-bond donors (Lipinski definition) is 0. The first-order valence-electron chi connectivity index (χ1n) is 5.62. The number of carbonyl (C=O) groups is 2. The Kier molecular flexibility index (Phi) is 3.82. The van der Waals surface area contributed by atoms with Crippen molar-refractivity contribution in [1.82, 2.24) is 5.01 Å². The topological polar surface area (TPSA) is 136 Å². The highest BCUT2D eigenvalue weighted by atomic mass is 35.5.